The Morgan fingerprint density at radius 1 is 0.667 bits per heavy atom. The summed E-state index contributed by atoms with van der Waals surface area (Å²) in [5, 5.41) is 36.8. The van der Waals surface area contributed by atoms with E-state index < -0.39 is 34.9 Å². The maximum atomic E-state index is 11.7. The summed E-state index contributed by atoms with van der Waals surface area (Å²) in [5.74, 6) is -3.97. The number of phenols is 4. The number of rotatable bonds is 2. The van der Waals surface area contributed by atoms with Crippen LogP contribution in [0.5, 0.6) is 23.0 Å². The van der Waals surface area contributed by atoms with Crippen LogP contribution in [0.2, 0.25) is 0 Å². The molecule has 0 saturated heterocycles. The Balaban J connectivity index is 2.16. The number of carbonyl (C=O) groups is 2. The maximum Gasteiger partial charge on any atom is 0.346 e. The van der Waals surface area contributed by atoms with E-state index in [4.69, 9.17) is 10.2 Å². The lowest BCUT2D eigenvalue weighted by atomic mass is 10.2. The minimum absolute atomic E-state index is 0.137. The molecule has 7 nitrogen and oxygen atoms in total. The van der Waals surface area contributed by atoms with Crippen LogP contribution in [0.25, 0.3) is 0 Å². The minimum Gasteiger partial charge on any atom is -0.504 e. The number of aromatic hydroxyl groups is 4. The number of benzene rings is 2. The first-order valence-corrected chi connectivity index (χ1v) is 5.69. The molecule has 0 unspecified atom stereocenters. The normalized spacial score (nSPS) is 10.1. The number of ether oxygens (including phenoxy) is 1. The van der Waals surface area contributed by atoms with Gasteiger partial charge in [-0.05, 0) is 36.4 Å². The zero-order chi connectivity index (χ0) is 15.6. The number of hydrogen-bond acceptors (Lipinski definition) is 7. The molecule has 0 aliphatic heterocycles. The highest BCUT2D eigenvalue weighted by Gasteiger charge is 2.17. The third-order valence-corrected chi connectivity index (χ3v) is 2.61. The molecular formula is C14H10O7. The van der Waals surface area contributed by atoms with Crippen molar-refractivity contribution in [1.82, 2.24) is 0 Å². The van der Waals surface area contributed by atoms with E-state index in [9.17, 15) is 19.8 Å². The van der Waals surface area contributed by atoms with Gasteiger partial charge >= 0.3 is 11.9 Å². The van der Waals surface area contributed by atoms with Crippen molar-refractivity contribution in [3.8, 4) is 23.0 Å². The van der Waals surface area contributed by atoms with E-state index >= 15 is 0 Å². The van der Waals surface area contributed by atoms with Gasteiger partial charge in [0.1, 0.15) is 0 Å². The summed E-state index contributed by atoms with van der Waals surface area (Å²) < 4.78 is 4.55. The van der Waals surface area contributed by atoms with E-state index in [0.29, 0.717) is 0 Å². The average Bonchev–Trinajstić information content (AvgIpc) is 2.44. The molecule has 108 valence electrons. The van der Waals surface area contributed by atoms with E-state index in [1.54, 1.807) is 0 Å². The molecule has 21 heavy (non-hydrogen) atoms. The monoisotopic (exact) mass is 290 g/mol. The summed E-state index contributed by atoms with van der Waals surface area (Å²) in [6, 6.07) is 6.36. The standard InChI is InChI=1S/C14H10O7/c15-9-3-1-7(5-11(9)17)13(19)21-14(20)8-2-4-10(16)12(18)6-8/h1-6,15-18H. The molecule has 0 fully saturated rings. The molecule has 0 bridgehead atoms. The van der Waals surface area contributed by atoms with Crippen molar-refractivity contribution >= 4 is 11.9 Å². The molecule has 2 aromatic rings. The Morgan fingerprint density at radius 3 is 1.38 bits per heavy atom. The van der Waals surface area contributed by atoms with Gasteiger partial charge in [0.15, 0.2) is 23.0 Å². The van der Waals surface area contributed by atoms with Crippen LogP contribution in [0.15, 0.2) is 36.4 Å². The Morgan fingerprint density at radius 2 is 1.05 bits per heavy atom. The van der Waals surface area contributed by atoms with Gasteiger partial charge in [-0.25, -0.2) is 9.59 Å². The minimum atomic E-state index is -1.04. The molecule has 4 N–H and O–H groups in total. The van der Waals surface area contributed by atoms with Gasteiger partial charge in [0.25, 0.3) is 0 Å². The molecule has 2 rings (SSSR count). The fraction of sp³-hybridized carbons (Fsp3) is 0. The highest BCUT2D eigenvalue weighted by molar-refractivity contribution is 6.03. The Bertz CT molecular complexity index is 660. The van der Waals surface area contributed by atoms with Crippen LogP contribution in [-0.2, 0) is 4.74 Å². The van der Waals surface area contributed by atoms with Crippen molar-refractivity contribution in [3.05, 3.63) is 47.5 Å². The summed E-state index contributed by atoms with van der Waals surface area (Å²) in [7, 11) is 0. The highest BCUT2D eigenvalue weighted by Crippen LogP contribution is 2.27. The van der Waals surface area contributed by atoms with Gasteiger partial charge in [-0.2, -0.15) is 0 Å². The second-order valence-corrected chi connectivity index (χ2v) is 4.08. The van der Waals surface area contributed by atoms with Crippen LogP contribution in [-0.4, -0.2) is 32.4 Å². The molecule has 0 aliphatic rings. The van der Waals surface area contributed by atoms with Gasteiger partial charge in [0.05, 0.1) is 11.1 Å². The molecule has 0 atom stereocenters. The second-order valence-electron chi connectivity index (χ2n) is 4.08. The lowest BCUT2D eigenvalue weighted by Gasteiger charge is -2.05. The quantitative estimate of drug-likeness (QED) is 0.375. The van der Waals surface area contributed by atoms with Gasteiger partial charge in [-0.15, -0.1) is 0 Å². The lowest BCUT2D eigenvalue weighted by Crippen LogP contribution is -2.12. The summed E-state index contributed by atoms with van der Waals surface area (Å²) in [6.45, 7) is 0. The van der Waals surface area contributed by atoms with Crippen LogP contribution in [0, 0.1) is 0 Å². The highest BCUT2D eigenvalue weighted by atomic mass is 16.6. The summed E-state index contributed by atoms with van der Waals surface area (Å²) in [5.41, 5.74) is -0.275. The van der Waals surface area contributed by atoms with Crippen LogP contribution in [0.3, 0.4) is 0 Å². The van der Waals surface area contributed by atoms with Crippen molar-refractivity contribution in [2.24, 2.45) is 0 Å². The van der Waals surface area contributed by atoms with Crippen molar-refractivity contribution in [3.63, 3.8) is 0 Å². The first-order chi connectivity index (χ1) is 9.88. The zero-order valence-corrected chi connectivity index (χ0v) is 10.5. The van der Waals surface area contributed by atoms with Crippen molar-refractivity contribution < 1.29 is 34.8 Å². The molecule has 0 aliphatic carbocycles. The molecule has 7 heteroatoms. The first-order valence-electron chi connectivity index (χ1n) is 5.69. The number of esters is 2. The molecule has 2 aromatic carbocycles. The fourth-order valence-corrected chi connectivity index (χ4v) is 1.50. The smallest absolute Gasteiger partial charge is 0.346 e. The lowest BCUT2D eigenvalue weighted by molar-refractivity contribution is 0.0397. The molecular weight excluding hydrogens is 280 g/mol. The molecule has 0 saturated carbocycles. The maximum absolute atomic E-state index is 11.7. The number of carbonyl (C=O) groups excluding carboxylic acids is 2. The Hall–Kier alpha value is -3.22. The van der Waals surface area contributed by atoms with Gasteiger partial charge in [0.2, 0.25) is 0 Å². The largest absolute Gasteiger partial charge is 0.504 e. The first kappa shape index (κ1) is 14.2. The topological polar surface area (TPSA) is 124 Å². The molecule has 0 amide bonds. The zero-order valence-electron chi connectivity index (χ0n) is 10.5. The van der Waals surface area contributed by atoms with Crippen LogP contribution < -0.4 is 0 Å². The van der Waals surface area contributed by atoms with Gasteiger partial charge in [-0.3, -0.25) is 0 Å². The Kier molecular flexibility index (Phi) is 3.66. The summed E-state index contributed by atoms with van der Waals surface area (Å²) in [4.78, 5) is 23.4. The number of hydrogen-bond donors (Lipinski definition) is 4. The SMILES string of the molecule is O=C(OC(=O)c1ccc(O)c(O)c1)c1ccc(O)c(O)c1. The van der Waals surface area contributed by atoms with E-state index in [1.807, 2.05) is 0 Å². The van der Waals surface area contributed by atoms with Crippen molar-refractivity contribution in [2.45, 2.75) is 0 Å². The predicted octanol–water partition coefficient (Wildman–Crippen LogP) is 1.51. The van der Waals surface area contributed by atoms with Crippen LogP contribution in [0.4, 0.5) is 0 Å². The second kappa shape index (κ2) is 5.41. The Labute approximate surface area is 118 Å². The van der Waals surface area contributed by atoms with E-state index in [2.05, 4.69) is 4.74 Å². The third-order valence-electron chi connectivity index (χ3n) is 2.61. The van der Waals surface area contributed by atoms with Gasteiger partial charge < -0.3 is 25.2 Å². The average molecular weight is 290 g/mol. The molecule has 0 heterocycles. The van der Waals surface area contributed by atoms with Crippen LogP contribution >= 0.6 is 0 Å². The molecule has 0 aromatic heterocycles. The van der Waals surface area contributed by atoms with E-state index in [0.717, 1.165) is 24.3 Å². The van der Waals surface area contributed by atoms with Crippen molar-refractivity contribution in [2.75, 3.05) is 0 Å². The third kappa shape index (κ3) is 3.03. The molecule has 0 radical (unpaired) electrons. The predicted molar refractivity (Wildman–Crippen MR) is 69.3 cm³/mol. The fourth-order valence-electron chi connectivity index (χ4n) is 1.50. The summed E-state index contributed by atoms with van der Waals surface area (Å²) >= 11 is 0. The van der Waals surface area contributed by atoms with Crippen molar-refractivity contribution in [1.29, 1.82) is 0 Å². The van der Waals surface area contributed by atoms with Gasteiger partial charge in [-0.1, -0.05) is 0 Å². The molecule has 0 spiro atoms. The number of phenolic OH excluding ortho intramolecular Hbond substituents is 4. The summed E-state index contributed by atoms with van der Waals surface area (Å²) in [6.07, 6.45) is 0. The van der Waals surface area contributed by atoms with Crippen LogP contribution in [0.1, 0.15) is 20.7 Å². The van der Waals surface area contributed by atoms with Gasteiger partial charge in [0, 0.05) is 0 Å². The van der Waals surface area contributed by atoms with E-state index in [1.165, 1.54) is 12.1 Å². The van der Waals surface area contributed by atoms with E-state index in [-0.39, 0.29) is 11.1 Å².